The average Bonchev–Trinajstić information content (AvgIpc) is 2.79. The van der Waals surface area contributed by atoms with Crippen LogP contribution in [0.1, 0.15) is 28.4 Å². The van der Waals surface area contributed by atoms with Crippen molar-refractivity contribution in [3.05, 3.63) is 52.0 Å². The van der Waals surface area contributed by atoms with E-state index in [2.05, 4.69) is 15.4 Å². The number of anilines is 1. The summed E-state index contributed by atoms with van der Waals surface area (Å²) in [4.78, 5) is 14.8. The highest BCUT2D eigenvalue weighted by atomic mass is 35.5. The van der Waals surface area contributed by atoms with E-state index in [1.807, 2.05) is 4.90 Å². The van der Waals surface area contributed by atoms with Crippen LogP contribution in [0.25, 0.3) is 0 Å². The third-order valence-corrected chi connectivity index (χ3v) is 7.55. The summed E-state index contributed by atoms with van der Waals surface area (Å²) < 4.78 is 68.2. The lowest BCUT2D eigenvalue weighted by Crippen LogP contribution is -2.43. The fourth-order valence-electron chi connectivity index (χ4n) is 3.71. The van der Waals surface area contributed by atoms with Crippen LogP contribution < -0.4 is 21.1 Å². The number of hydrogen-bond donors (Lipinski definition) is 3. The number of nitrogens with two attached hydrogens (primary N) is 1. The van der Waals surface area contributed by atoms with Gasteiger partial charge in [-0.2, -0.15) is 0 Å². The van der Waals surface area contributed by atoms with Gasteiger partial charge in [0, 0.05) is 55.5 Å². The molecule has 192 valence electrons. The number of halogens is 4. The maximum Gasteiger partial charge on any atom is 0.573 e. The van der Waals surface area contributed by atoms with Crippen LogP contribution in [-0.2, 0) is 22.9 Å². The van der Waals surface area contributed by atoms with Crippen molar-refractivity contribution in [2.24, 2.45) is 0 Å². The first-order chi connectivity index (χ1) is 16.4. The topological polar surface area (TPSA) is 114 Å². The average molecular weight is 535 g/mol. The normalized spacial score (nSPS) is 15.1. The number of carbonyl (C=O) groups excluding carboxylic acids is 1. The Morgan fingerprint density at radius 1 is 1.20 bits per heavy atom. The van der Waals surface area contributed by atoms with E-state index in [4.69, 9.17) is 17.3 Å². The summed E-state index contributed by atoms with van der Waals surface area (Å²) in [7, 11) is -3.60. The van der Waals surface area contributed by atoms with E-state index in [0.29, 0.717) is 26.2 Å². The van der Waals surface area contributed by atoms with E-state index in [1.54, 1.807) is 0 Å². The summed E-state index contributed by atoms with van der Waals surface area (Å²) in [6, 6.07) is 6.42. The molecule has 1 fully saturated rings. The lowest BCUT2D eigenvalue weighted by atomic mass is 10.1. The van der Waals surface area contributed by atoms with Crippen LogP contribution in [-0.4, -0.2) is 57.5 Å². The zero-order valence-electron chi connectivity index (χ0n) is 18.9. The molecule has 0 spiro atoms. The molecule has 3 rings (SSSR count). The van der Waals surface area contributed by atoms with Crippen molar-refractivity contribution < 1.29 is 31.1 Å². The van der Waals surface area contributed by atoms with Crippen LogP contribution in [0, 0.1) is 0 Å². The molecule has 13 heteroatoms. The Hall–Kier alpha value is -2.54. The van der Waals surface area contributed by atoms with Gasteiger partial charge in [0.25, 0.3) is 5.91 Å². The number of sulfone groups is 1. The molecule has 1 saturated heterocycles. The summed E-state index contributed by atoms with van der Waals surface area (Å²) in [6.07, 6.45) is -4.97. The van der Waals surface area contributed by atoms with Crippen LogP contribution in [0.15, 0.2) is 35.2 Å². The molecule has 1 amide bonds. The van der Waals surface area contributed by atoms with Crippen LogP contribution in [0.2, 0.25) is 5.02 Å². The Kier molecular flexibility index (Phi) is 8.52. The highest BCUT2D eigenvalue weighted by Gasteiger charge is 2.33. The molecule has 0 radical (unpaired) electrons. The minimum Gasteiger partial charge on any atom is -0.405 e. The van der Waals surface area contributed by atoms with Gasteiger partial charge < -0.3 is 21.1 Å². The molecule has 1 heterocycles. The Morgan fingerprint density at radius 2 is 1.89 bits per heavy atom. The summed E-state index contributed by atoms with van der Waals surface area (Å²) in [6.45, 7) is 4.09. The van der Waals surface area contributed by atoms with Crippen molar-refractivity contribution in [2.45, 2.75) is 31.3 Å². The van der Waals surface area contributed by atoms with E-state index in [1.165, 1.54) is 31.2 Å². The van der Waals surface area contributed by atoms with Gasteiger partial charge in [-0.3, -0.25) is 9.69 Å². The molecular formula is C22H26ClF3N4O4S. The van der Waals surface area contributed by atoms with Crippen LogP contribution in [0.5, 0.6) is 5.75 Å². The maximum atomic E-state index is 13.1. The molecule has 0 aromatic heterocycles. The molecule has 1 aliphatic heterocycles. The fourth-order valence-corrected chi connectivity index (χ4v) is 5.02. The van der Waals surface area contributed by atoms with E-state index >= 15 is 0 Å². The highest BCUT2D eigenvalue weighted by Crippen LogP contribution is 2.32. The Labute approximate surface area is 206 Å². The number of benzene rings is 2. The van der Waals surface area contributed by atoms with Gasteiger partial charge in [0.1, 0.15) is 5.75 Å². The maximum absolute atomic E-state index is 13.1. The molecule has 0 aliphatic carbocycles. The molecule has 2 aromatic rings. The lowest BCUT2D eigenvalue weighted by molar-refractivity contribution is -0.275. The molecule has 0 saturated carbocycles. The summed E-state index contributed by atoms with van der Waals surface area (Å²) >= 11 is 5.99. The van der Waals surface area contributed by atoms with Gasteiger partial charge >= 0.3 is 6.36 Å². The van der Waals surface area contributed by atoms with Gasteiger partial charge in [-0.15, -0.1) is 13.2 Å². The third-order valence-electron chi connectivity index (χ3n) is 5.48. The lowest BCUT2D eigenvalue weighted by Gasteiger charge is -2.28. The zero-order chi connectivity index (χ0) is 25.8. The smallest absolute Gasteiger partial charge is 0.405 e. The highest BCUT2D eigenvalue weighted by molar-refractivity contribution is 7.91. The van der Waals surface area contributed by atoms with Crippen molar-refractivity contribution in [3.8, 4) is 5.75 Å². The van der Waals surface area contributed by atoms with Crippen molar-refractivity contribution in [2.75, 3.05) is 37.7 Å². The molecule has 35 heavy (non-hydrogen) atoms. The van der Waals surface area contributed by atoms with Crippen LogP contribution in [0.4, 0.5) is 18.9 Å². The van der Waals surface area contributed by atoms with E-state index in [0.717, 1.165) is 6.07 Å². The molecule has 2 aromatic carbocycles. The first-order valence-electron chi connectivity index (χ1n) is 10.8. The number of amides is 1. The fraction of sp³-hybridized carbons (Fsp3) is 0.409. The second-order valence-corrected chi connectivity index (χ2v) is 10.6. The minimum atomic E-state index is -4.97. The summed E-state index contributed by atoms with van der Waals surface area (Å²) in [5.41, 5.74) is 6.21. The van der Waals surface area contributed by atoms with E-state index in [9.17, 15) is 26.4 Å². The first-order valence-corrected chi connectivity index (χ1v) is 12.8. The van der Waals surface area contributed by atoms with Crippen LogP contribution >= 0.6 is 11.6 Å². The van der Waals surface area contributed by atoms with Gasteiger partial charge in [-0.1, -0.05) is 18.5 Å². The summed E-state index contributed by atoms with van der Waals surface area (Å²) in [5.74, 6) is -1.47. The number of nitrogens with zero attached hydrogens (tertiary/aromatic N) is 1. The number of carbonyl (C=O) groups is 1. The van der Waals surface area contributed by atoms with Crippen molar-refractivity contribution >= 4 is 33.0 Å². The zero-order valence-corrected chi connectivity index (χ0v) is 20.5. The van der Waals surface area contributed by atoms with Crippen molar-refractivity contribution in [1.82, 2.24) is 15.5 Å². The van der Waals surface area contributed by atoms with Crippen LogP contribution in [0.3, 0.4) is 0 Å². The largest absolute Gasteiger partial charge is 0.573 e. The van der Waals surface area contributed by atoms with Crippen molar-refractivity contribution in [1.29, 1.82) is 0 Å². The van der Waals surface area contributed by atoms with E-state index < -0.39 is 27.9 Å². The Balaban J connectivity index is 1.87. The van der Waals surface area contributed by atoms with Crippen molar-refractivity contribution in [3.63, 3.8) is 0 Å². The van der Waals surface area contributed by atoms with Gasteiger partial charge in [0.05, 0.1) is 16.2 Å². The number of rotatable bonds is 8. The quantitative estimate of drug-likeness (QED) is 0.446. The molecule has 0 atom stereocenters. The van der Waals surface area contributed by atoms with Gasteiger partial charge in [-0.05, 0) is 35.9 Å². The molecule has 8 nitrogen and oxygen atoms in total. The molecule has 4 N–H and O–H groups in total. The number of nitrogens with one attached hydrogen (secondary N) is 2. The molecule has 0 unspecified atom stereocenters. The van der Waals surface area contributed by atoms with Gasteiger partial charge in [0.2, 0.25) is 0 Å². The first kappa shape index (κ1) is 27.1. The second kappa shape index (κ2) is 11.0. The SMILES string of the molecule is CCS(=O)(=O)c1ccc(Cl)cc1CNC(=O)c1cc(OC(F)(F)F)c(CN2CCNCC2)cc1N. The number of piperazine rings is 1. The Morgan fingerprint density at radius 3 is 2.51 bits per heavy atom. The standard InChI is InChI=1S/C22H26ClF3N4O4S/c1-2-35(32,33)20-4-3-16(23)9-14(20)12-29-21(31)17-11-19(34-22(24,25)26)15(10-18(17)27)13-30-7-5-28-6-8-30/h3-4,9-11,28H,2,5-8,12-13,27H2,1H3,(H,29,31). The number of alkyl halides is 3. The second-order valence-electron chi connectivity index (χ2n) is 7.96. The molecule has 1 aliphatic rings. The summed E-state index contributed by atoms with van der Waals surface area (Å²) in [5, 5.41) is 5.94. The predicted molar refractivity (Wildman–Crippen MR) is 126 cm³/mol. The monoisotopic (exact) mass is 534 g/mol. The van der Waals surface area contributed by atoms with Gasteiger partial charge in [-0.25, -0.2) is 8.42 Å². The third kappa shape index (κ3) is 7.23. The number of ether oxygens (including phenoxy) is 1. The number of hydrogen-bond acceptors (Lipinski definition) is 7. The molecular weight excluding hydrogens is 509 g/mol. The predicted octanol–water partition coefficient (Wildman–Crippen LogP) is 2.95. The number of nitrogen functional groups attached to an aromatic ring is 1. The van der Waals surface area contributed by atoms with Gasteiger partial charge in [0.15, 0.2) is 9.84 Å². The Bertz CT molecular complexity index is 1190. The minimum absolute atomic E-state index is 0.00475. The van der Waals surface area contributed by atoms with E-state index in [-0.39, 0.29) is 51.1 Å². The molecule has 0 bridgehead atoms.